The lowest BCUT2D eigenvalue weighted by molar-refractivity contribution is -0.124. The van der Waals surface area contributed by atoms with Gasteiger partial charge in [0.05, 0.1) is 32.0 Å². The van der Waals surface area contributed by atoms with Crippen molar-refractivity contribution in [1.29, 1.82) is 0 Å². The fourth-order valence-electron chi connectivity index (χ4n) is 4.13. The van der Waals surface area contributed by atoms with Gasteiger partial charge >= 0.3 is 0 Å². The molecule has 172 valence electrons. The number of carbonyl (C=O) groups excluding carboxylic acids is 2. The minimum Gasteiger partial charge on any atom is -0.495 e. The molecule has 0 aliphatic carbocycles. The first-order valence-corrected chi connectivity index (χ1v) is 11.1. The number of nitrogens with one attached hydrogen (secondary N) is 2. The van der Waals surface area contributed by atoms with E-state index >= 15 is 0 Å². The molecule has 1 saturated heterocycles. The van der Waals surface area contributed by atoms with E-state index in [4.69, 9.17) is 21.4 Å². The molecule has 8 nitrogen and oxygen atoms in total. The number of aromatic amines is 1. The monoisotopic (exact) mass is 474 g/mol. The highest BCUT2D eigenvalue weighted by Gasteiger charge is 2.45. The standard InChI is InChI=1S/C25H22N4O4S/c1-32-22-7-3-2-6-20(22)29-24(31)21(28(25(29)34)15-18-5-4-12-33-18)14-23(30)27-17-9-8-16-10-11-26-19(16)13-17/h2-13,21,26H,14-15H2,1H3,(H,27,30). The number of carbonyl (C=O) groups is 2. The van der Waals surface area contributed by atoms with Crippen molar-refractivity contribution >= 4 is 51.4 Å². The summed E-state index contributed by atoms with van der Waals surface area (Å²) < 4.78 is 10.9. The van der Waals surface area contributed by atoms with Gasteiger partial charge in [-0.2, -0.15) is 0 Å². The zero-order valence-corrected chi connectivity index (χ0v) is 19.2. The van der Waals surface area contributed by atoms with Gasteiger partial charge in [-0.25, -0.2) is 0 Å². The number of thiocarbonyl (C=S) groups is 1. The number of rotatable bonds is 7. The van der Waals surface area contributed by atoms with Gasteiger partial charge in [0.1, 0.15) is 17.6 Å². The topological polar surface area (TPSA) is 90.8 Å². The number of ether oxygens (including phenoxy) is 1. The van der Waals surface area contributed by atoms with Gasteiger partial charge in [-0.1, -0.05) is 18.2 Å². The Morgan fingerprint density at radius 1 is 1.18 bits per heavy atom. The fraction of sp³-hybridized carbons (Fsp3) is 0.160. The summed E-state index contributed by atoms with van der Waals surface area (Å²) in [6.07, 6.45) is 3.33. The second-order valence-corrected chi connectivity index (χ2v) is 8.25. The van der Waals surface area contributed by atoms with Crippen LogP contribution in [0.15, 0.2) is 77.5 Å². The molecular formula is C25H22N4O4S. The first-order chi connectivity index (χ1) is 16.5. The van der Waals surface area contributed by atoms with E-state index in [0.29, 0.717) is 22.9 Å². The zero-order chi connectivity index (χ0) is 23.7. The minimum absolute atomic E-state index is 0.0753. The quantitative estimate of drug-likeness (QED) is 0.388. The van der Waals surface area contributed by atoms with Crippen LogP contribution < -0.4 is 15.0 Å². The van der Waals surface area contributed by atoms with E-state index in [1.807, 2.05) is 42.6 Å². The van der Waals surface area contributed by atoms with Crippen molar-refractivity contribution in [3.63, 3.8) is 0 Å². The molecule has 1 aliphatic heterocycles. The predicted octanol–water partition coefficient (Wildman–Crippen LogP) is 4.30. The largest absolute Gasteiger partial charge is 0.495 e. The molecule has 5 rings (SSSR count). The van der Waals surface area contributed by atoms with Gasteiger partial charge in [-0.3, -0.25) is 14.5 Å². The smallest absolute Gasteiger partial charge is 0.256 e. The average Bonchev–Trinajstić information content (AvgIpc) is 3.57. The van der Waals surface area contributed by atoms with E-state index in [1.54, 1.807) is 35.4 Å². The van der Waals surface area contributed by atoms with Crippen molar-refractivity contribution in [3.05, 3.63) is 78.9 Å². The van der Waals surface area contributed by atoms with Crippen LogP contribution >= 0.6 is 12.2 Å². The minimum atomic E-state index is -0.795. The van der Waals surface area contributed by atoms with Gasteiger partial charge < -0.3 is 24.4 Å². The molecule has 34 heavy (non-hydrogen) atoms. The Morgan fingerprint density at radius 2 is 2.03 bits per heavy atom. The SMILES string of the molecule is COc1ccccc1N1C(=O)C(CC(=O)Nc2ccc3cc[nH]c3c2)N(Cc2ccco2)C1=S. The number of fused-ring (bicyclic) bond motifs is 1. The van der Waals surface area contributed by atoms with Crippen LogP contribution in [0.25, 0.3) is 10.9 Å². The highest BCUT2D eigenvalue weighted by molar-refractivity contribution is 7.80. The maximum absolute atomic E-state index is 13.6. The van der Waals surface area contributed by atoms with E-state index in [9.17, 15) is 9.59 Å². The third kappa shape index (κ3) is 4.01. The Balaban J connectivity index is 1.41. The van der Waals surface area contributed by atoms with Crippen LogP contribution in [0.2, 0.25) is 0 Å². The summed E-state index contributed by atoms with van der Waals surface area (Å²) in [4.78, 5) is 32.9. The Labute approximate surface area is 201 Å². The predicted molar refractivity (Wildman–Crippen MR) is 133 cm³/mol. The van der Waals surface area contributed by atoms with Gasteiger partial charge in [-0.15, -0.1) is 0 Å². The number of methoxy groups -OCH3 is 1. The van der Waals surface area contributed by atoms with Crippen LogP contribution in [-0.4, -0.2) is 40.0 Å². The summed E-state index contributed by atoms with van der Waals surface area (Å²) in [5.74, 6) is 0.564. The average molecular weight is 475 g/mol. The number of amides is 2. The molecule has 0 saturated carbocycles. The number of para-hydroxylation sites is 2. The Hall–Kier alpha value is -4.11. The normalized spacial score (nSPS) is 15.9. The van der Waals surface area contributed by atoms with Crippen molar-refractivity contribution in [1.82, 2.24) is 9.88 Å². The number of benzene rings is 2. The second kappa shape index (κ2) is 9.03. The molecule has 1 unspecified atom stereocenters. The third-order valence-corrected chi connectivity index (χ3v) is 6.19. The zero-order valence-electron chi connectivity index (χ0n) is 18.4. The second-order valence-electron chi connectivity index (χ2n) is 7.88. The molecule has 2 amide bonds. The van der Waals surface area contributed by atoms with Crippen molar-refractivity contribution in [2.75, 3.05) is 17.3 Å². The number of hydrogen-bond acceptors (Lipinski definition) is 5. The van der Waals surface area contributed by atoms with Crippen LogP contribution in [0.4, 0.5) is 11.4 Å². The van der Waals surface area contributed by atoms with Crippen LogP contribution in [-0.2, 0) is 16.1 Å². The third-order valence-electron chi connectivity index (χ3n) is 5.77. The molecular weight excluding hydrogens is 452 g/mol. The van der Waals surface area contributed by atoms with E-state index in [-0.39, 0.29) is 29.9 Å². The molecule has 4 aromatic rings. The lowest BCUT2D eigenvalue weighted by atomic mass is 10.1. The van der Waals surface area contributed by atoms with Crippen LogP contribution in [0.3, 0.4) is 0 Å². The molecule has 1 atom stereocenters. The first-order valence-electron chi connectivity index (χ1n) is 10.7. The summed E-state index contributed by atoms with van der Waals surface area (Å²) >= 11 is 5.70. The molecule has 1 aliphatic rings. The van der Waals surface area contributed by atoms with Crippen molar-refractivity contribution in [3.8, 4) is 5.75 Å². The van der Waals surface area contributed by atoms with Crippen LogP contribution in [0, 0.1) is 0 Å². The first kappa shape index (κ1) is 21.7. The highest BCUT2D eigenvalue weighted by atomic mass is 32.1. The molecule has 1 fully saturated rings. The van der Waals surface area contributed by atoms with E-state index in [0.717, 1.165) is 10.9 Å². The van der Waals surface area contributed by atoms with E-state index in [1.165, 1.54) is 12.0 Å². The summed E-state index contributed by atoms with van der Waals surface area (Å²) in [7, 11) is 1.54. The summed E-state index contributed by atoms with van der Waals surface area (Å²) in [5.41, 5.74) is 2.09. The molecule has 2 N–H and O–H groups in total. The molecule has 3 heterocycles. The molecule has 0 bridgehead atoms. The van der Waals surface area contributed by atoms with E-state index < -0.39 is 6.04 Å². The van der Waals surface area contributed by atoms with Crippen LogP contribution in [0.1, 0.15) is 12.2 Å². The summed E-state index contributed by atoms with van der Waals surface area (Å²) in [6, 6.07) is 17.5. The van der Waals surface area contributed by atoms with Gasteiger partial charge in [0, 0.05) is 17.4 Å². The maximum atomic E-state index is 13.6. The van der Waals surface area contributed by atoms with Crippen molar-refractivity contribution in [2.45, 2.75) is 19.0 Å². The maximum Gasteiger partial charge on any atom is 0.256 e. The van der Waals surface area contributed by atoms with Crippen molar-refractivity contribution in [2.24, 2.45) is 0 Å². The van der Waals surface area contributed by atoms with Crippen molar-refractivity contribution < 1.29 is 18.7 Å². The summed E-state index contributed by atoms with van der Waals surface area (Å²) in [6.45, 7) is 0.260. The molecule has 2 aromatic carbocycles. The lowest BCUT2D eigenvalue weighted by Gasteiger charge is -2.23. The van der Waals surface area contributed by atoms with Gasteiger partial charge in [0.15, 0.2) is 5.11 Å². The molecule has 0 spiro atoms. The highest BCUT2D eigenvalue weighted by Crippen LogP contribution is 2.34. The number of furan rings is 1. The van der Waals surface area contributed by atoms with Gasteiger partial charge in [0.25, 0.3) is 5.91 Å². The number of aromatic nitrogens is 1. The molecule has 2 aromatic heterocycles. The molecule has 0 radical (unpaired) electrons. The number of hydrogen-bond donors (Lipinski definition) is 2. The Morgan fingerprint density at radius 3 is 2.82 bits per heavy atom. The molecule has 9 heteroatoms. The number of nitrogens with zero attached hydrogens (tertiary/aromatic N) is 2. The van der Waals surface area contributed by atoms with E-state index in [2.05, 4.69) is 10.3 Å². The van der Waals surface area contributed by atoms with Gasteiger partial charge in [0.2, 0.25) is 5.91 Å². The lowest BCUT2D eigenvalue weighted by Crippen LogP contribution is -2.37. The number of anilines is 2. The van der Waals surface area contributed by atoms with Crippen LogP contribution in [0.5, 0.6) is 5.75 Å². The number of H-pyrrole nitrogens is 1. The Kier molecular flexibility index (Phi) is 5.77. The summed E-state index contributed by atoms with van der Waals surface area (Å²) in [5, 5.41) is 4.23. The fourth-order valence-corrected chi connectivity index (χ4v) is 4.51. The van der Waals surface area contributed by atoms with Gasteiger partial charge in [-0.05, 0) is 60.1 Å². The Bertz CT molecular complexity index is 1360.